The van der Waals surface area contributed by atoms with Crippen molar-refractivity contribution in [2.75, 3.05) is 0 Å². The predicted molar refractivity (Wildman–Crippen MR) is 87.0 cm³/mol. The van der Waals surface area contributed by atoms with Gasteiger partial charge in [-0.25, -0.2) is 19.9 Å². The normalized spacial score (nSPS) is 17.7. The quantitative estimate of drug-likeness (QED) is 0.729. The molecule has 0 radical (unpaired) electrons. The Morgan fingerprint density at radius 2 is 2.04 bits per heavy atom. The second-order valence-electron chi connectivity index (χ2n) is 6.35. The molecule has 0 bridgehead atoms. The van der Waals surface area contributed by atoms with Crippen LogP contribution in [0.1, 0.15) is 54.2 Å². The maximum absolute atomic E-state index is 4.87. The monoisotopic (exact) mass is 303 g/mol. The maximum Gasteiger partial charge on any atom is 0.233 e. The first-order chi connectivity index (χ1) is 11.4. The molecule has 0 atom stereocenters. The summed E-state index contributed by atoms with van der Waals surface area (Å²) in [6.07, 6.45) is 17.7. The average molecular weight is 303 g/mol. The predicted octanol–water partition coefficient (Wildman–Crippen LogP) is 3.16. The summed E-state index contributed by atoms with van der Waals surface area (Å²) in [5.41, 5.74) is 4.65. The number of imidazole rings is 1. The van der Waals surface area contributed by atoms with Crippen molar-refractivity contribution in [1.29, 1.82) is 0 Å². The van der Waals surface area contributed by atoms with Crippen LogP contribution >= 0.6 is 0 Å². The van der Waals surface area contributed by atoms with Crippen molar-refractivity contribution in [1.82, 2.24) is 24.3 Å². The van der Waals surface area contributed by atoms with Crippen LogP contribution in [0.5, 0.6) is 0 Å². The number of allylic oxidation sites excluding steroid dienone is 1. The Morgan fingerprint density at radius 1 is 1.09 bits per heavy atom. The van der Waals surface area contributed by atoms with Gasteiger partial charge in [-0.05, 0) is 37.7 Å². The Balaban J connectivity index is 1.63. The molecule has 0 amide bonds. The van der Waals surface area contributed by atoms with E-state index in [9.17, 15) is 0 Å². The van der Waals surface area contributed by atoms with Crippen molar-refractivity contribution in [3.8, 4) is 0 Å². The molecule has 5 heteroatoms. The second-order valence-corrected chi connectivity index (χ2v) is 6.35. The van der Waals surface area contributed by atoms with Gasteiger partial charge in [0.15, 0.2) is 0 Å². The first-order valence-electron chi connectivity index (χ1n) is 8.24. The summed E-state index contributed by atoms with van der Waals surface area (Å²) in [4.78, 5) is 18.2. The largest absolute Gasteiger partial charge is 0.291 e. The topological polar surface area (TPSA) is 56.0 Å². The van der Waals surface area contributed by atoms with Gasteiger partial charge in [0.2, 0.25) is 5.78 Å². The summed E-state index contributed by atoms with van der Waals surface area (Å²) in [5.74, 6) is 2.36. The van der Waals surface area contributed by atoms with E-state index >= 15 is 0 Å². The number of hydrogen-bond acceptors (Lipinski definition) is 4. The molecule has 0 spiro atoms. The lowest BCUT2D eigenvalue weighted by atomic mass is 10.0. The van der Waals surface area contributed by atoms with Gasteiger partial charge in [0.05, 0.1) is 5.69 Å². The van der Waals surface area contributed by atoms with Crippen molar-refractivity contribution < 1.29 is 0 Å². The minimum Gasteiger partial charge on any atom is -0.291 e. The minimum atomic E-state index is 0.597. The van der Waals surface area contributed by atoms with Gasteiger partial charge in [0.25, 0.3) is 0 Å². The van der Waals surface area contributed by atoms with Crippen LogP contribution in [0.25, 0.3) is 11.4 Å². The molecule has 23 heavy (non-hydrogen) atoms. The lowest BCUT2D eigenvalue weighted by molar-refractivity contribution is 0.797. The third-order valence-corrected chi connectivity index (χ3v) is 4.64. The molecule has 0 aromatic carbocycles. The number of rotatable bonds is 2. The Morgan fingerprint density at radius 3 is 2.96 bits per heavy atom. The molecule has 2 aliphatic carbocycles. The second kappa shape index (κ2) is 4.98. The number of hydrogen-bond donors (Lipinski definition) is 0. The van der Waals surface area contributed by atoms with Crippen LogP contribution in [0.15, 0.2) is 37.1 Å². The molecule has 3 aromatic heterocycles. The Kier molecular flexibility index (Phi) is 2.80. The third kappa shape index (κ3) is 2.23. The fourth-order valence-corrected chi connectivity index (χ4v) is 3.24. The van der Waals surface area contributed by atoms with Crippen molar-refractivity contribution in [2.45, 2.75) is 38.0 Å². The van der Waals surface area contributed by atoms with E-state index in [2.05, 4.69) is 27.2 Å². The summed E-state index contributed by atoms with van der Waals surface area (Å²) in [5, 5.41) is 0. The zero-order valence-electron chi connectivity index (χ0n) is 12.8. The van der Waals surface area contributed by atoms with E-state index in [1.165, 1.54) is 24.1 Å². The van der Waals surface area contributed by atoms with Crippen LogP contribution in [0.4, 0.5) is 0 Å². The van der Waals surface area contributed by atoms with Crippen molar-refractivity contribution in [2.24, 2.45) is 0 Å². The van der Waals surface area contributed by atoms with Gasteiger partial charge in [-0.1, -0.05) is 6.08 Å². The molecule has 0 saturated heterocycles. The molecule has 114 valence electrons. The highest BCUT2D eigenvalue weighted by atomic mass is 15.1. The molecule has 3 heterocycles. The van der Waals surface area contributed by atoms with E-state index < -0.39 is 0 Å². The Bertz CT molecular complexity index is 920. The van der Waals surface area contributed by atoms with Gasteiger partial charge in [-0.15, -0.1) is 0 Å². The number of nitrogens with zero attached hydrogens (tertiary/aromatic N) is 5. The fourth-order valence-electron chi connectivity index (χ4n) is 3.24. The van der Waals surface area contributed by atoms with Crippen LogP contribution in [-0.4, -0.2) is 24.3 Å². The molecule has 5 nitrogen and oxygen atoms in total. The van der Waals surface area contributed by atoms with E-state index in [1.54, 1.807) is 6.20 Å². The summed E-state index contributed by atoms with van der Waals surface area (Å²) in [6.45, 7) is 0. The lowest BCUT2D eigenvalue weighted by Gasteiger charge is -2.11. The third-order valence-electron chi connectivity index (χ3n) is 4.64. The van der Waals surface area contributed by atoms with Gasteiger partial charge >= 0.3 is 0 Å². The van der Waals surface area contributed by atoms with E-state index in [0.717, 1.165) is 42.0 Å². The summed E-state index contributed by atoms with van der Waals surface area (Å²) >= 11 is 0. The minimum absolute atomic E-state index is 0.597. The number of aryl methyl sites for hydroxylation is 1. The van der Waals surface area contributed by atoms with E-state index in [1.807, 2.05) is 23.0 Å². The van der Waals surface area contributed by atoms with Crippen LogP contribution in [-0.2, 0) is 6.42 Å². The molecule has 3 aromatic rings. The molecular weight excluding hydrogens is 286 g/mol. The first kappa shape index (κ1) is 12.9. The van der Waals surface area contributed by atoms with Crippen LogP contribution in [0, 0.1) is 0 Å². The average Bonchev–Trinajstić information content (AvgIpc) is 3.35. The highest BCUT2D eigenvalue weighted by molar-refractivity contribution is 5.80. The fraction of sp³-hybridized carbons (Fsp3) is 0.333. The van der Waals surface area contributed by atoms with Crippen molar-refractivity contribution in [3.05, 3.63) is 59.7 Å². The van der Waals surface area contributed by atoms with Gasteiger partial charge < -0.3 is 0 Å². The summed E-state index contributed by atoms with van der Waals surface area (Å²) in [6, 6.07) is 0. The summed E-state index contributed by atoms with van der Waals surface area (Å²) < 4.78 is 1.96. The van der Waals surface area contributed by atoms with Gasteiger partial charge in [-0.3, -0.25) is 4.40 Å². The molecule has 5 rings (SSSR count). The molecule has 0 N–H and O–H groups in total. The van der Waals surface area contributed by atoms with Gasteiger partial charge in [-0.2, -0.15) is 0 Å². The number of aromatic nitrogens is 5. The zero-order valence-corrected chi connectivity index (χ0v) is 12.8. The van der Waals surface area contributed by atoms with Gasteiger partial charge in [0.1, 0.15) is 5.82 Å². The standard InChI is InChI=1S/C18H17N5/c1-2-4-16-15(10-20-17(22-16)12-5-6-12)14(3-1)13-9-21-18-19-7-8-23(18)11-13/h3,7-12H,1-2,4-6H2. The molecule has 0 unspecified atom stereocenters. The lowest BCUT2D eigenvalue weighted by Crippen LogP contribution is -2.03. The summed E-state index contributed by atoms with van der Waals surface area (Å²) in [7, 11) is 0. The Hall–Kier alpha value is -2.56. The molecule has 0 aliphatic heterocycles. The van der Waals surface area contributed by atoms with Crippen LogP contribution in [0.3, 0.4) is 0 Å². The van der Waals surface area contributed by atoms with Crippen LogP contribution < -0.4 is 0 Å². The number of fused-ring (bicyclic) bond motifs is 2. The van der Waals surface area contributed by atoms with E-state index in [4.69, 9.17) is 4.98 Å². The molecule has 1 saturated carbocycles. The van der Waals surface area contributed by atoms with E-state index in [-0.39, 0.29) is 0 Å². The van der Waals surface area contributed by atoms with Crippen molar-refractivity contribution in [3.63, 3.8) is 0 Å². The van der Waals surface area contributed by atoms with Gasteiger partial charge in [0, 0.05) is 48.0 Å². The zero-order chi connectivity index (χ0) is 15.2. The van der Waals surface area contributed by atoms with Crippen molar-refractivity contribution >= 4 is 11.4 Å². The maximum atomic E-state index is 4.87. The van der Waals surface area contributed by atoms with E-state index in [0.29, 0.717) is 5.92 Å². The highest BCUT2D eigenvalue weighted by Crippen LogP contribution is 2.39. The molecule has 1 fully saturated rings. The highest BCUT2D eigenvalue weighted by Gasteiger charge is 2.28. The molecular formula is C18H17N5. The SMILES string of the molecule is C1=C(c2cnc3nccn3c2)c2cnc(C3CC3)nc2CCC1. The smallest absolute Gasteiger partial charge is 0.233 e. The first-order valence-corrected chi connectivity index (χ1v) is 8.24. The molecule has 2 aliphatic rings. The Labute approximate surface area is 134 Å². The van der Waals surface area contributed by atoms with Crippen LogP contribution in [0.2, 0.25) is 0 Å².